The summed E-state index contributed by atoms with van der Waals surface area (Å²) >= 11 is 0. The number of ketones is 2. The van der Waals surface area contributed by atoms with Crippen LogP contribution in [0.4, 0.5) is 13.2 Å². The van der Waals surface area contributed by atoms with E-state index in [4.69, 9.17) is 13.7 Å². The molecule has 1 N–H and O–H groups in total. The van der Waals surface area contributed by atoms with Gasteiger partial charge in [0.05, 0.1) is 11.6 Å². The summed E-state index contributed by atoms with van der Waals surface area (Å²) in [6, 6.07) is 21.5. The first-order valence-corrected chi connectivity index (χ1v) is 22.4. The third-order valence-electron chi connectivity index (χ3n) is 12.9. The predicted octanol–water partition coefficient (Wildman–Crippen LogP) is 10.7. The van der Waals surface area contributed by atoms with Gasteiger partial charge in [0, 0.05) is 17.1 Å². The molecule has 0 radical (unpaired) electrons. The number of ether oxygens (including phenoxy) is 1. The SMILES string of the molecule is Cc1c2c(cc3ccc(-c4cccc(C(F)(F)F)c4)cc13)C[C@H]1C[C@H]3[C@H](N(C)C)c4onc(OCc5ccccc5)c4C(=O)[C@@]3(O[Si](C)(C)C(C)(C)C)C(=O)C1=C2O. The van der Waals surface area contributed by atoms with E-state index < -0.39 is 60.1 Å². The zero-order valence-corrected chi connectivity index (χ0v) is 34.9. The average molecular weight is 809 g/mol. The van der Waals surface area contributed by atoms with Crippen LogP contribution in [-0.2, 0) is 28.4 Å². The van der Waals surface area contributed by atoms with Gasteiger partial charge in [-0.3, -0.25) is 14.5 Å². The Balaban J connectivity index is 1.29. The van der Waals surface area contributed by atoms with Crippen LogP contribution in [0.3, 0.4) is 0 Å². The first-order chi connectivity index (χ1) is 27.2. The third-order valence-corrected chi connectivity index (χ3v) is 17.4. The monoisotopic (exact) mass is 808 g/mol. The summed E-state index contributed by atoms with van der Waals surface area (Å²) in [5.74, 6) is -2.21. The Kier molecular flexibility index (Phi) is 9.45. The summed E-state index contributed by atoms with van der Waals surface area (Å²) in [4.78, 5) is 33.1. The number of benzene rings is 4. The van der Waals surface area contributed by atoms with Crippen LogP contribution in [0.25, 0.3) is 27.7 Å². The van der Waals surface area contributed by atoms with Crippen molar-refractivity contribution in [3.8, 4) is 17.0 Å². The summed E-state index contributed by atoms with van der Waals surface area (Å²) in [6.07, 6.45) is -3.74. The summed E-state index contributed by atoms with van der Waals surface area (Å²) in [6.45, 7) is 12.1. The highest BCUT2D eigenvalue weighted by Gasteiger charge is 2.68. The van der Waals surface area contributed by atoms with E-state index in [2.05, 4.69) is 5.16 Å². The molecule has 3 aliphatic carbocycles. The lowest BCUT2D eigenvalue weighted by Gasteiger charge is -2.55. The lowest BCUT2D eigenvalue weighted by atomic mass is 9.57. The van der Waals surface area contributed by atoms with Crippen LogP contribution >= 0.6 is 0 Å². The number of carbonyl (C=O) groups is 2. The third kappa shape index (κ3) is 6.22. The van der Waals surface area contributed by atoms with Crippen LogP contribution in [0.15, 0.2) is 89.0 Å². The van der Waals surface area contributed by atoms with Gasteiger partial charge in [-0.15, -0.1) is 0 Å². The summed E-state index contributed by atoms with van der Waals surface area (Å²) in [5, 5.41) is 17.9. The van der Waals surface area contributed by atoms with Crippen molar-refractivity contribution in [2.75, 3.05) is 14.1 Å². The number of hydrogen-bond acceptors (Lipinski definition) is 8. The second-order valence-electron chi connectivity index (χ2n) is 17.7. The minimum Gasteiger partial charge on any atom is -0.507 e. The van der Waals surface area contributed by atoms with Crippen LogP contribution < -0.4 is 4.74 Å². The highest BCUT2D eigenvalue weighted by molar-refractivity contribution is 6.74. The fourth-order valence-corrected chi connectivity index (χ4v) is 10.5. The summed E-state index contributed by atoms with van der Waals surface area (Å²) < 4.78 is 60.3. The van der Waals surface area contributed by atoms with Crippen molar-refractivity contribution in [1.82, 2.24) is 10.1 Å². The van der Waals surface area contributed by atoms with Gasteiger partial charge in [-0.1, -0.05) is 81.4 Å². The Morgan fingerprint density at radius 3 is 2.31 bits per heavy atom. The highest BCUT2D eigenvalue weighted by Crippen LogP contribution is 2.59. The van der Waals surface area contributed by atoms with Gasteiger partial charge in [0.2, 0.25) is 11.6 Å². The first-order valence-electron chi connectivity index (χ1n) is 19.5. The van der Waals surface area contributed by atoms with Crippen LogP contribution in [0.2, 0.25) is 18.1 Å². The number of Topliss-reactive ketones (excluding diaryl/α,β-unsaturated/α-hetero) is 2. The number of aromatic nitrogens is 1. The molecule has 0 spiro atoms. The Morgan fingerprint density at radius 2 is 1.64 bits per heavy atom. The molecule has 58 heavy (non-hydrogen) atoms. The molecule has 1 heterocycles. The molecule has 1 fully saturated rings. The second kappa shape index (κ2) is 13.8. The molecule has 8 nitrogen and oxygen atoms in total. The molecule has 302 valence electrons. The summed E-state index contributed by atoms with van der Waals surface area (Å²) in [5.41, 5.74) is 1.29. The van der Waals surface area contributed by atoms with E-state index >= 15 is 9.59 Å². The molecule has 5 aromatic rings. The number of alkyl halides is 3. The molecule has 0 unspecified atom stereocenters. The second-order valence-corrected chi connectivity index (χ2v) is 22.4. The average Bonchev–Trinajstić information content (AvgIpc) is 3.58. The topological polar surface area (TPSA) is 102 Å². The molecular formula is C46H47F3N2O6Si. The Labute approximate surface area is 336 Å². The predicted molar refractivity (Wildman–Crippen MR) is 218 cm³/mol. The number of aryl methyl sites for hydroxylation is 1. The normalized spacial score (nSPS) is 22.2. The molecule has 4 aromatic carbocycles. The number of fused-ring (bicyclic) bond motifs is 5. The standard InChI is InChI=1S/C46H47F3N2O6Si/c1-25-33-22-28(27-15-12-16-32(21-27)46(47,48)49)17-18-29(33)19-30-20-31-23-34-38(51(5)6)40-37(43(50-56-40)55-24-26-13-10-9-11-14-26)42(54)45(34,57-58(7,8)44(2,3)4)41(53)36(31)39(52)35(25)30/h9-19,21-22,31,34,38,52H,20,23-24H2,1-8H3/t31-,34-,38-,45-/m0/s1. The van der Waals surface area contributed by atoms with E-state index in [9.17, 15) is 18.3 Å². The first kappa shape index (κ1) is 39.8. The molecule has 1 saturated carbocycles. The summed E-state index contributed by atoms with van der Waals surface area (Å²) in [7, 11) is 0.826. The lowest BCUT2D eigenvalue weighted by Crippen LogP contribution is -2.68. The van der Waals surface area contributed by atoms with Gasteiger partial charge < -0.3 is 18.8 Å². The fourth-order valence-electron chi connectivity index (χ4n) is 9.05. The van der Waals surface area contributed by atoms with Gasteiger partial charge in [-0.05, 0) is 120 Å². The van der Waals surface area contributed by atoms with Crippen LogP contribution in [0.1, 0.15) is 77.2 Å². The molecule has 4 atom stereocenters. The maximum Gasteiger partial charge on any atom is 0.416 e. The zero-order chi connectivity index (χ0) is 41.7. The van der Waals surface area contributed by atoms with Gasteiger partial charge in [0.15, 0.2) is 19.7 Å². The van der Waals surface area contributed by atoms with Crippen molar-refractivity contribution in [2.45, 2.75) is 83.1 Å². The van der Waals surface area contributed by atoms with Crippen molar-refractivity contribution < 1.29 is 41.6 Å². The number of nitrogens with zero attached hydrogens (tertiary/aromatic N) is 2. The van der Waals surface area contributed by atoms with E-state index in [1.807, 2.05) is 108 Å². The number of rotatable bonds is 7. The van der Waals surface area contributed by atoms with Crippen molar-refractivity contribution >= 4 is 36.4 Å². The number of aliphatic hydroxyl groups excluding tert-OH is 1. The molecule has 0 amide bonds. The largest absolute Gasteiger partial charge is 0.507 e. The maximum atomic E-state index is 15.7. The van der Waals surface area contributed by atoms with Gasteiger partial charge in [-0.2, -0.15) is 13.2 Å². The Bertz CT molecular complexity index is 2520. The minimum atomic E-state index is -4.49. The minimum absolute atomic E-state index is 0.0200. The molecule has 0 bridgehead atoms. The van der Waals surface area contributed by atoms with E-state index in [1.165, 1.54) is 6.07 Å². The number of halogens is 3. The van der Waals surface area contributed by atoms with Crippen LogP contribution in [0.5, 0.6) is 5.88 Å². The van der Waals surface area contributed by atoms with Gasteiger partial charge in [0.25, 0.3) is 5.88 Å². The Hall–Kier alpha value is -5.04. The van der Waals surface area contributed by atoms with Crippen molar-refractivity contribution in [3.05, 3.63) is 124 Å². The van der Waals surface area contributed by atoms with E-state index in [-0.39, 0.29) is 29.4 Å². The van der Waals surface area contributed by atoms with Gasteiger partial charge >= 0.3 is 6.18 Å². The van der Waals surface area contributed by atoms with Gasteiger partial charge in [-0.25, -0.2) is 0 Å². The number of aliphatic hydroxyl groups is 1. The van der Waals surface area contributed by atoms with Crippen molar-refractivity contribution in [3.63, 3.8) is 0 Å². The molecule has 12 heteroatoms. The van der Waals surface area contributed by atoms with Crippen molar-refractivity contribution in [1.29, 1.82) is 0 Å². The molecular weight excluding hydrogens is 762 g/mol. The molecule has 1 aromatic heterocycles. The van der Waals surface area contributed by atoms with Gasteiger partial charge in [0.1, 0.15) is 17.9 Å². The zero-order valence-electron chi connectivity index (χ0n) is 33.9. The smallest absolute Gasteiger partial charge is 0.416 e. The lowest BCUT2D eigenvalue weighted by molar-refractivity contribution is -0.140. The maximum absolute atomic E-state index is 15.7. The quantitative estimate of drug-likeness (QED) is 0.128. The van der Waals surface area contributed by atoms with Crippen LogP contribution in [-0.4, -0.2) is 54.7 Å². The van der Waals surface area contributed by atoms with Crippen LogP contribution in [0, 0.1) is 18.8 Å². The number of hydrogen-bond donors (Lipinski definition) is 1. The Morgan fingerprint density at radius 1 is 0.931 bits per heavy atom. The molecule has 0 aliphatic heterocycles. The number of carbonyl (C=O) groups excluding carboxylic acids is 2. The van der Waals surface area contributed by atoms with E-state index in [0.717, 1.165) is 34.0 Å². The molecule has 8 rings (SSSR count). The molecule has 0 saturated heterocycles. The van der Waals surface area contributed by atoms with E-state index in [0.29, 0.717) is 40.9 Å². The van der Waals surface area contributed by atoms with E-state index in [1.54, 1.807) is 12.1 Å². The fraction of sp³-hybridized carbons (Fsp3) is 0.370. The molecule has 3 aliphatic rings. The van der Waals surface area contributed by atoms with Crippen molar-refractivity contribution in [2.24, 2.45) is 11.8 Å². The highest BCUT2D eigenvalue weighted by atomic mass is 28.4.